The van der Waals surface area contributed by atoms with E-state index in [-0.39, 0.29) is 17.1 Å². The van der Waals surface area contributed by atoms with Crippen molar-refractivity contribution in [3.8, 4) is 22.3 Å². The number of rotatable bonds is 3. The highest BCUT2D eigenvalue weighted by Crippen LogP contribution is 2.50. The number of carbonyl (C=O) groups is 1. The predicted octanol–water partition coefficient (Wildman–Crippen LogP) is 5.03. The molecule has 33 heavy (non-hydrogen) atoms. The smallest absolute Gasteiger partial charge is 0.228 e. The molecule has 1 aliphatic heterocycles. The minimum atomic E-state index is -0.338. The van der Waals surface area contributed by atoms with Gasteiger partial charge in [0, 0.05) is 24.3 Å². The molecule has 0 N–H and O–H groups in total. The Hall–Kier alpha value is -3.52. The molecular weight excluding hydrogens is 436 g/mol. The Balaban J connectivity index is 1.60. The Labute approximate surface area is 194 Å². The predicted molar refractivity (Wildman–Crippen MR) is 125 cm³/mol. The van der Waals surface area contributed by atoms with Crippen LogP contribution in [0, 0.1) is 5.41 Å². The second-order valence-electron chi connectivity index (χ2n) is 9.23. The Bertz CT molecular complexity index is 1420. The van der Waals surface area contributed by atoms with E-state index in [9.17, 15) is 4.79 Å². The number of allylic oxidation sites excluding steroid dienone is 2. The molecule has 4 aromatic rings. The largest absolute Gasteiger partial charge is 0.497 e. The fourth-order valence-electron chi connectivity index (χ4n) is 4.79. The number of thiophene rings is 1. The Kier molecular flexibility index (Phi) is 4.42. The van der Waals surface area contributed by atoms with E-state index in [0.717, 1.165) is 21.8 Å². The van der Waals surface area contributed by atoms with E-state index in [0.29, 0.717) is 41.5 Å². The van der Waals surface area contributed by atoms with Crippen molar-refractivity contribution in [3.05, 3.63) is 70.6 Å². The minimum absolute atomic E-state index is 0.104. The van der Waals surface area contributed by atoms with Crippen molar-refractivity contribution in [2.75, 3.05) is 7.11 Å². The van der Waals surface area contributed by atoms with E-state index >= 15 is 0 Å². The first-order valence-corrected chi connectivity index (χ1v) is 11.7. The monoisotopic (exact) mass is 458 g/mol. The number of carbonyl (C=O) groups excluding carboxylic acids is 1. The molecule has 6 rings (SSSR count). The fraction of sp³-hybridized carbons (Fsp3) is 0.280. The maximum atomic E-state index is 13.5. The quantitative estimate of drug-likeness (QED) is 0.429. The van der Waals surface area contributed by atoms with Crippen LogP contribution in [0.25, 0.3) is 16.3 Å². The van der Waals surface area contributed by atoms with Crippen LogP contribution < -0.4 is 9.47 Å². The summed E-state index contributed by atoms with van der Waals surface area (Å²) in [5.74, 6) is 2.35. The van der Waals surface area contributed by atoms with Crippen LogP contribution in [-0.4, -0.2) is 32.5 Å². The number of benzene rings is 1. The van der Waals surface area contributed by atoms with E-state index in [4.69, 9.17) is 14.5 Å². The lowest BCUT2D eigenvalue weighted by atomic mass is 9.70. The van der Waals surface area contributed by atoms with Gasteiger partial charge in [-0.25, -0.2) is 14.5 Å². The molecule has 4 heterocycles. The number of fused-ring (bicyclic) bond motifs is 3. The van der Waals surface area contributed by atoms with Gasteiger partial charge in [-0.15, -0.1) is 16.4 Å². The highest BCUT2D eigenvalue weighted by molar-refractivity contribution is 7.13. The maximum absolute atomic E-state index is 13.5. The van der Waals surface area contributed by atoms with Crippen molar-refractivity contribution in [1.82, 2.24) is 19.6 Å². The number of methoxy groups -OCH3 is 1. The lowest BCUT2D eigenvalue weighted by Gasteiger charge is -2.37. The number of aromatic nitrogens is 4. The van der Waals surface area contributed by atoms with Gasteiger partial charge in [-0.2, -0.15) is 0 Å². The first-order chi connectivity index (χ1) is 15.9. The van der Waals surface area contributed by atoms with Crippen LogP contribution in [0.1, 0.15) is 43.7 Å². The number of hydrogen-bond acceptors (Lipinski definition) is 7. The number of nitrogens with zero attached hydrogens (tertiary/aromatic N) is 4. The zero-order valence-electron chi connectivity index (χ0n) is 18.5. The zero-order chi connectivity index (χ0) is 22.7. The molecule has 1 aromatic carbocycles. The summed E-state index contributed by atoms with van der Waals surface area (Å²) in [6.45, 7) is 4.19. The standard InChI is InChI=1S/C25H22N4O3S/c1-25(2)11-16(30)20-17(12-25)32-24-21(19(20)14-6-8-15(31-3)9-7-14)23-27-22(18-5-4-10-33-18)28-29(23)13-26-24/h4-10,13,19H,11-12H2,1-3H3/t19-/m0/s1. The van der Waals surface area contributed by atoms with E-state index in [1.54, 1.807) is 29.3 Å². The molecule has 0 unspecified atom stereocenters. The van der Waals surface area contributed by atoms with Gasteiger partial charge in [0.15, 0.2) is 17.3 Å². The molecule has 0 spiro atoms. The number of ketones is 1. The molecule has 0 radical (unpaired) electrons. The lowest BCUT2D eigenvalue weighted by molar-refractivity contribution is -0.118. The van der Waals surface area contributed by atoms with Crippen LogP contribution >= 0.6 is 11.3 Å². The summed E-state index contributed by atoms with van der Waals surface area (Å²) < 4.78 is 13.3. The second kappa shape index (κ2) is 7.25. The molecule has 8 heteroatoms. The highest BCUT2D eigenvalue weighted by atomic mass is 32.1. The average Bonchev–Trinajstić information content (AvgIpc) is 3.46. The maximum Gasteiger partial charge on any atom is 0.228 e. The number of Topliss-reactive ketones (excluding diaryl/α,β-unsaturated/α-hetero) is 1. The van der Waals surface area contributed by atoms with Gasteiger partial charge in [-0.05, 0) is 34.6 Å². The molecular formula is C25H22N4O3S. The molecule has 7 nitrogen and oxygen atoms in total. The summed E-state index contributed by atoms with van der Waals surface area (Å²) in [7, 11) is 1.64. The average molecular weight is 459 g/mol. The van der Waals surface area contributed by atoms with Crippen LogP contribution in [0.3, 0.4) is 0 Å². The molecule has 3 aromatic heterocycles. The van der Waals surface area contributed by atoms with Crippen LogP contribution in [-0.2, 0) is 4.79 Å². The summed E-state index contributed by atoms with van der Waals surface area (Å²) in [4.78, 5) is 23.9. The third-order valence-corrected chi connectivity index (χ3v) is 7.12. The van der Waals surface area contributed by atoms with Crippen molar-refractivity contribution in [1.29, 1.82) is 0 Å². The molecule has 0 bridgehead atoms. The van der Waals surface area contributed by atoms with Gasteiger partial charge < -0.3 is 9.47 Å². The molecule has 0 fully saturated rings. The normalized spacial score (nSPS) is 19.2. The summed E-state index contributed by atoms with van der Waals surface area (Å²) in [6.07, 6.45) is 2.78. The Morgan fingerprint density at radius 3 is 2.73 bits per heavy atom. The van der Waals surface area contributed by atoms with Crippen molar-refractivity contribution in [2.24, 2.45) is 5.41 Å². The van der Waals surface area contributed by atoms with Crippen LogP contribution in [0.2, 0.25) is 0 Å². The summed E-state index contributed by atoms with van der Waals surface area (Å²) in [5.41, 5.74) is 2.92. The van der Waals surface area contributed by atoms with E-state index < -0.39 is 0 Å². The SMILES string of the molecule is COc1ccc([C@H]2C3=C(CC(C)(C)CC3=O)Oc3ncn4nc(-c5cccs5)nc4c32)cc1. The molecule has 1 aliphatic carbocycles. The molecule has 0 saturated carbocycles. The molecule has 166 valence electrons. The Morgan fingerprint density at radius 1 is 1.18 bits per heavy atom. The third-order valence-electron chi connectivity index (χ3n) is 6.25. The lowest BCUT2D eigenvalue weighted by Crippen LogP contribution is -2.33. The summed E-state index contributed by atoms with van der Waals surface area (Å²) >= 11 is 1.58. The van der Waals surface area contributed by atoms with Gasteiger partial charge in [0.1, 0.15) is 17.8 Å². The molecule has 0 amide bonds. The first kappa shape index (κ1) is 20.1. The summed E-state index contributed by atoms with van der Waals surface area (Å²) in [6, 6.07) is 11.8. The first-order valence-electron chi connectivity index (χ1n) is 10.8. The molecule has 2 aliphatic rings. The zero-order valence-corrected chi connectivity index (χ0v) is 19.3. The van der Waals surface area contributed by atoms with Crippen molar-refractivity contribution < 1.29 is 14.3 Å². The second-order valence-corrected chi connectivity index (χ2v) is 10.2. The van der Waals surface area contributed by atoms with Gasteiger partial charge in [0.2, 0.25) is 5.88 Å². The van der Waals surface area contributed by atoms with Gasteiger partial charge >= 0.3 is 0 Å². The van der Waals surface area contributed by atoms with E-state index in [1.165, 1.54) is 0 Å². The highest BCUT2D eigenvalue weighted by Gasteiger charge is 2.44. The van der Waals surface area contributed by atoms with Crippen LogP contribution in [0.15, 0.2) is 59.4 Å². The van der Waals surface area contributed by atoms with Gasteiger partial charge in [-0.1, -0.05) is 32.0 Å². The number of hydrogen-bond donors (Lipinski definition) is 0. The minimum Gasteiger partial charge on any atom is -0.497 e. The fourth-order valence-corrected chi connectivity index (χ4v) is 5.44. The van der Waals surface area contributed by atoms with Crippen molar-refractivity contribution in [3.63, 3.8) is 0 Å². The van der Waals surface area contributed by atoms with E-state index in [1.807, 2.05) is 41.8 Å². The van der Waals surface area contributed by atoms with Gasteiger partial charge in [0.25, 0.3) is 0 Å². The summed E-state index contributed by atoms with van der Waals surface area (Å²) in [5, 5.41) is 6.64. The van der Waals surface area contributed by atoms with Crippen LogP contribution in [0.4, 0.5) is 0 Å². The third kappa shape index (κ3) is 3.24. The van der Waals surface area contributed by atoms with Gasteiger partial charge in [0.05, 0.1) is 17.6 Å². The molecule has 0 saturated heterocycles. The number of ether oxygens (including phenoxy) is 2. The van der Waals surface area contributed by atoms with Gasteiger partial charge in [-0.3, -0.25) is 4.79 Å². The van der Waals surface area contributed by atoms with Crippen molar-refractivity contribution in [2.45, 2.75) is 32.6 Å². The van der Waals surface area contributed by atoms with E-state index in [2.05, 4.69) is 23.9 Å². The van der Waals surface area contributed by atoms with Crippen LogP contribution in [0.5, 0.6) is 11.6 Å². The van der Waals surface area contributed by atoms with Crippen molar-refractivity contribution >= 4 is 22.8 Å². The Morgan fingerprint density at radius 2 is 2.00 bits per heavy atom. The molecule has 1 atom stereocenters. The topological polar surface area (TPSA) is 78.6 Å².